The van der Waals surface area contributed by atoms with Crippen LogP contribution in [0.25, 0.3) is 0 Å². The predicted octanol–water partition coefficient (Wildman–Crippen LogP) is -1.00. The van der Waals surface area contributed by atoms with Crippen LogP contribution in [-0.2, 0) is 15.0 Å². The van der Waals surface area contributed by atoms with Gasteiger partial charge in [0.05, 0.1) is 6.61 Å². The van der Waals surface area contributed by atoms with Crippen LogP contribution in [0.3, 0.4) is 0 Å². The third-order valence-corrected chi connectivity index (χ3v) is 3.59. The molecule has 0 saturated heterocycles. The van der Waals surface area contributed by atoms with Crippen LogP contribution < -0.4 is 4.72 Å². The molecule has 0 fully saturated rings. The Morgan fingerprint density at radius 2 is 2.06 bits per heavy atom. The lowest BCUT2D eigenvalue weighted by Crippen LogP contribution is -2.48. The van der Waals surface area contributed by atoms with Crippen molar-refractivity contribution in [2.24, 2.45) is 0 Å². The number of carbonyl (C=O) groups is 1. The molecular formula is C8H18N2O5S. The molecule has 0 aliphatic carbocycles. The number of aliphatic hydroxyl groups excluding tert-OH is 1. The Hall–Kier alpha value is -0.700. The molecule has 0 aliphatic heterocycles. The number of hydrogen-bond donors (Lipinski definition) is 3. The molecule has 16 heavy (non-hydrogen) atoms. The average Bonchev–Trinajstić information content (AvgIpc) is 2.21. The zero-order valence-electron chi connectivity index (χ0n) is 9.38. The minimum absolute atomic E-state index is 0.309. The van der Waals surface area contributed by atoms with Crippen molar-refractivity contribution in [1.29, 1.82) is 0 Å². The van der Waals surface area contributed by atoms with Crippen LogP contribution in [0.2, 0.25) is 0 Å². The molecule has 0 aromatic rings. The first-order valence-corrected chi connectivity index (χ1v) is 6.36. The molecule has 0 aromatic heterocycles. The number of nitrogens with one attached hydrogen (secondary N) is 1. The Labute approximate surface area is 95.2 Å². The van der Waals surface area contributed by atoms with Gasteiger partial charge in [-0.1, -0.05) is 13.3 Å². The van der Waals surface area contributed by atoms with Crippen molar-refractivity contribution < 1.29 is 23.4 Å². The molecule has 3 N–H and O–H groups in total. The van der Waals surface area contributed by atoms with Gasteiger partial charge in [0.1, 0.15) is 6.04 Å². The Morgan fingerprint density at radius 3 is 2.44 bits per heavy atom. The molecule has 0 aliphatic rings. The van der Waals surface area contributed by atoms with Crippen LogP contribution in [0.1, 0.15) is 19.8 Å². The number of carboxylic acid groups (broad SMARTS) is 1. The number of carboxylic acids is 1. The monoisotopic (exact) mass is 254 g/mol. The summed E-state index contributed by atoms with van der Waals surface area (Å²) in [7, 11) is -2.49. The molecule has 0 spiro atoms. The topological polar surface area (TPSA) is 107 Å². The summed E-state index contributed by atoms with van der Waals surface area (Å²) in [5.74, 6) is -1.41. The maximum atomic E-state index is 11.6. The van der Waals surface area contributed by atoms with Crippen LogP contribution in [-0.4, -0.2) is 55.1 Å². The van der Waals surface area contributed by atoms with E-state index in [1.807, 2.05) is 11.6 Å². The standard InChI is InChI=1S/C8H18N2O5S/c1-3-4-5-10(2)16(14,15)9-7(6-11)8(12)13/h7,9,11H,3-6H2,1-2H3,(H,12,13). The SMILES string of the molecule is CCCCN(C)S(=O)(=O)NC(CO)C(=O)O. The fourth-order valence-corrected chi connectivity index (χ4v) is 2.02. The van der Waals surface area contributed by atoms with Crippen LogP contribution in [0, 0.1) is 0 Å². The van der Waals surface area contributed by atoms with E-state index < -0.39 is 28.8 Å². The van der Waals surface area contributed by atoms with E-state index in [2.05, 4.69) is 0 Å². The van der Waals surface area contributed by atoms with E-state index in [-0.39, 0.29) is 0 Å². The van der Waals surface area contributed by atoms with E-state index in [4.69, 9.17) is 10.2 Å². The van der Waals surface area contributed by atoms with E-state index >= 15 is 0 Å². The van der Waals surface area contributed by atoms with Crippen LogP contribution in [0.4, 0.5) is 0 Å². The van der Waals surface area contributed by atoms with Crippen molar-refractivity contribution in [1.82, 2.24) is 9.03 Å². The molecule has 0 bridgehead atoms. The van der Waals surface area contributed by atoms with E-state index in [1.165, 1.54) is 7.05 Å². The highest BCUT2D eigenvalue weighted by atomic mass is 32.2. The van der Waals surface area contributed by atoms with Gasteiger partial charge < -0.3 is 10.2 Å². The molecule has 0 aromatic carbocycles. The number of nitrogens with zero attached hydrogens (tertiary/aromatic N) is 1. The van der Waals surface area contributed by atoms with Gasteiger partial charge in [-0.05, 0) is 6.42 Å². The van der Waals surface area contributed by atoms with E-state index in [1.54, 1.807) is 0 Å². The molecule has 1 unspecified atom stereocenters. The fraction of sp³-hybridized carbons (Fsp3) is 0.875. The number of unbranched alkanes of at least 4 members (excludes halogenated alkanes) is 1. The molecule has 8 heteroatoms. The molecule has 96 valence electrons. The Bertz CT molecular complexity index is 316. The molecule has 0 saturated carbocycles. The molecule has 7 nitrogen and oxygen atoms in total. The summed E-state index contributed by atoms with van der Waals surface area (Å²) in [4.78, 5) is 10.5. The predicted molar refractivity (Wildman–Crippen MR) is 58.1 cm³/mol. The van der Waals surface area contributed by atoms with Gasteiger partial charge in [-0.15, -0.1) is 0 Å². The lowest BCUT2D eigenvalue weighted by atomic mass is 10.3. The second-order valence-corrected chi connectivity index (χ2v) is 5.18. The van der Waals surface area contributed by atoms with Crippen molar-refractivity contribution in [3.63, 3.8) is 0 Å². The van der Waals surface area contributed by atoms with Gasteiger partial charge in [0.2, 0.25) is 0 Å². The molecular weight excluding hydrogens is 236 g/mol. The van der Waals surface area contributed by atoms with Gasteiger partial charge in [-0.25, -0.2) is 0 Å². The quantitative estimate of drug-likeness (QED) is 0.515. The third-order valence-electron chi connectivity index (χ3n) is 2.01. The van der Waals surface area contributed by atoms with Crippen LogP contribution >= 0.6 is 0 Å². The van der Waals surface area contributed by atoms with Crippen LogP contribution in [0.15, 0.2) is 0 Å². The summed E-state index contributed by atoms with van der Waals surface area (Å²) in [6.07, 6.45) is 1.52. The Kier molecular flexibility index (Phi) is 6.49. The lowest BCUT2D eigenvalue weighted by molar-refractivity contribution is -0.139. The largest absolute Gasteiger partial charge is 0.480 e. The highest BCUT2D eigenvalue weighted by Gasteiger charge is 2.25. The van der Waals surface area contributed by atoms with E-state index in [9.17, 15) is 13.2 Å². The van der Waals surface area contributed by atoms with Gasteiger partial charge in [0.25, 0.3) is 10.2 Å². The number of hydrogen-bond acceptors (Lipinski definition) is 4. The maximum absolute atomic E-state index is 11.6. The van der Waals surface area contributed by atoms with E-state index in [0.717, 1.165) is 10.7 Å². The first kappa shape index (κ1) is 15.3. The summed E-state index contributed by atoms with van der Waals surface area (Å²) >= 11 is 0. The summed E-state index contributed by atoms with van der Waals surface area (Å²) in [6, 6.07) is -1.51. The molecule has 0 radical (unpaired) electrons. The van der Waals surface area contributed by atoms with Gasteiger partial charge >= 0.3 is 5.97 Å². The minimum Gasteiger partial charge on any atom is -0.480 e. The molecule has 1 atom stereocenters. The Balaban J connectivity index is 4.48. The number of rotatable bonds is 8. The number of aliphatic hydroxyl groups is 1. The highest BCUT2D eigenvalue weighted by Crippen LogP contribution is 1.99. The summed E-state index contributed by atoms with van der Waals surface area (Å²) in [5, 5.41) is 17.3. The second-order valence-electron chi connectivity index (χ2n) is 3.37. The van der Waals surface area contributed by atoms with Crippen molar-refractivity contribution >= 4 is 16.2 Å². The maximum Gasteiger partial charge on any atom is 0.324 e. The van der Waals surface area contributed by atoms with Gasteiger partial charge in [-0.3, -0.25) is 4.79 Å². The Morgan fingerprint density at radius 1 is 1.50 bits per heavy atom. The third kappa shape index (κ3) is 4.88. The molecule has 0 rings (SSSR count). The molecule has 0 heterocycles. The highest BCUT2D eigenvalue weighted by molar-refractivity contribution is 7.87. The summed E-state index contributed by atoms with van der Waals surface area (Å²) < 4.78 is 26.0. The summed E-state index contributed by atoms with van der Waals surface area (Å²) in [6.45, 7) is 1.45. The fourth-order valence-electron chi connectivity index (χ4n) is 0.936. The zero-order valence-corrected chi connectivity index (χ0v) is 10.2. The van der Waals surface area contributed by atoms with Gasteiger partial charge in [0.15, 0.2) is 0 Å². The van der Waals surface area contributed by atoms with Crippen molar-refractivity contribution in [2.75, 3.05) is 20.2 Å². The van der Waals surface area contributed by atoms with E-state index in [0.29, 0.717) is 13.0 Å². The smallest absolute Gasteiger partial charge is 0.324 e. The van der Waals surface area contributed by atoms with Crippen LogP contribution in [0.5, 0.6) is 0 Å². The normalized spacial score (nSPS) is 14.0. The first-order chi connectivity index (χ1) is 7.35. The van der Waals surface area contributed by atoms with Crippen molar-refractivity contribution in [3.05, 3.63) is 0 Å². The van der Waals surface area contributed by atoms with Gasteiger partial charge in [-0.2, -0.15) is 17.4 Å². The lowest BCUT2D eigenvalue weighted by Gasteiger charge is -2.19. The number of aliphatic carboxylic acids is 1. The first-order valence-electron chi connectivity index (χ1n) is 4.92. The van der Waals surface area contributed by atoms with Crippen molar-refractivity contribution in [3.8, 4) is 0 Å². The summed E-state index contributed by atoms with van der Waals surface area (Å²) in [5.41, 5.74) is 0. The zero-order chi connectivity index (χ0) is 12.8. The second kappa shape index (κ2) is 6.79. The van der Waals surface area contributed by atoms with Gasteiger partial charge in [0, 0.05) is 13.6 Å². The minimum atomic E-state index is -3.85. The molecule has 0 amide bonds. The average molecular weight is 254 g/mol. The van der Waals surface area contributed by atoms with Crippen molar-refractivity contribution in [2.45, 2.75) is 25.8 Å².